The van der Waals surface area contributed by atoms with Crippen molar-refractivity contribution in [3.63, 3.8) is 0 Å². The minimum absolute atomic E-state index is 0.0421. The van der Waals surface area contributed by atoms with Gasteiger partial charge in [-0.2, -0.15) is 0 Å². The number of aromatic nitrogens is 2. The number of hydrogen-bond donors (Lipinski definition) is 0. The van der Waals surface area contributed by atoms with E-state index in [1.165, 1.54) is 0 Å². The SMILES string of the molecule is CN(C)C(=O)[C@@]12CCCN(C(=O)CC(C)(C)C)C[C@@H]1CN(c1ncccn1)C2. The van der Waals surface area contributed by atoms with Crippen LogP contribution in [-0.4, -0.2) is 71.9 Å². The molecule has 2 fully saturated rings. The number of anilines is 1. The van der Waals surface area contributed by atoms with Gasteiger partial charge < -0.3 is 14.7 Å². The summed E-state index contributed by atoms with van der Waals surface area (Å²) >= 11 is 0. The summed E-state index contributed by atoms with van der Waals surface area (Å²) in [4.78, 5) is 40.8. The van der Waals surface area contributed by atoms with E-state index >= 15 is 0 Å². The van der Waals surface area contributed by atoms with E-state index < -0.39 is 5.41 Å². The maximum absolute atomic E-state index is 13.3. The summed E-state index contributed by atoms with van der Waals surface area (Å²) in [5.41, 5.74) is -0.529. The van der Waals surface area contributed by atoms with Crippen molar-refractivity contribution in [3.05, 3.63) is 18.5 Å². The quantitative estimate of drug-likeness (QED) is 0.794. The van der Waals surface area contributed by atoms with E-state index in [0.717, 1.165) is 19.4 Å². The van der Waals surface area contributed by atoms with Gasteiger partial charge in [-0.3, -0.25) is 9.59 Å². The zero-order chi connectivity index (χ0) is 20.5. The molecule has 0 unspecified atom stereocenters. The average Bonchev–Trinajstić information content (AvgIpc) is 2.89. The molecule has 3 heterocycles. The summed E-state index contributed by atoms with van der Waals surface area (Å²) in [6, 6.07) is 1.80. The maximum atomic E-state index is 13.3. The van der Waals surface area contributed by atoms with E-state index in [2.05, 4.69) is 35.6 Å². The third kappa shape index (κ3) is 4.13. The van der Waals surface area contributed by atoms with Gasteiger partial charge in [-0.05, 0) is 24.3 Å². The van der Waals surface area contributed by atoms with Crippen LogP contribution in [0.3, 0.4) is 0 Å². The Hall–Kier alpha value is -2.18. The summed E-state index contributed by atoms with van der Waals surface area (Å²) in [7, 11) is 3.65. The number of fused-ring (bicyclic) bond motifs is 1. The van der Waals surface area contributed by atoms with Crippen LogP contribution in [0.25, 0.3) is 0 Å². The van der Waals surface area contributed by atoms with Crippen LogP contribution in [0.2, 0.25) is 0 Å². The lowest BCUT2D eigenvalue weighted by Gasteiger charge is -2.34. The average molecular weight is 388 g/mol. The van der Waals surface area contributed by atoms with Crippen molar-refractivity contribution in [2.24, 2.45) is 16.7 Å². The highest BCUT2D eigenvalue weighted by Gasteiger charge is 2.54. The van der Waals surface area contributed by atoms with Crippen LogP contribution in [-0.2, 0) is 9.59 Å². The molecule has 0 aromatic carbocycles. The van der Waals surface area contributed by atoms with E-state index in [1.54, 1.807) is 23.4 Å². The number of nitrogens with zero attached hydrogens (tertiary/aromatic N) is 5. The lowest BCUT2D eigenvalue weighted by Crippen LogP contribution is -2.47. The van der Waals surface area contributed by atoms with Crippen molar-refractivity contribution < 1.29 is 9.59 Å². The fourth-order valence-electron chi connectivity index (χ4n) is 4.63. The molecule has 1 aromatic rings. The summed E-state index contributed by atoms with van der Waals surface area (Å²) in [6.45, 7) is 8.93. The largest absolute Gasteiger partial charge is 0.348 e. The number of likely N-dealkylation sites (tertiary alicyclic amines) is 1. The van der Waals surface area contributed by atoms with Gasteiger partial charge in [0.2, 0.25) is 17.8 Å². The van der Waals surface area contributed by atoms with Gasteiger partial charge in [0.25, 0.3) is 0 Å². The molecule has 0 spiro atoms. The summed E-state index contributed by atoms with van der Waals surface area (Å²) in [6.07, 6.45) is 5.62. The molecule has 154 valence electrons. The van der Waals surface area contributed by atoms with Crippen molar-refractivity contribution in [1.82, 2.24) is 19.8 Å². The molecule has 28 heavy (non-hydrogen) atoms. The lowest BCUT2D eigenvalue weighted by molar-refractivity contribution is -0.142. The number of rotatable bonds is 3. The van der Waals surface area contributed by atoms with Gasteiger partial charge in [-0.1, -0.05) is 20.8 Å². The van der Waals surface area contributed by atoms with Crippen molar-refractivity contribution >= 4 is 17.8 Å². The molecule has 2 saturated heterocycles. The smallest absolute Gasteiger partial charge is 0.230 e. The fraction of sp³-hybridized carbons (Fsp3) is 0.714. The zero-order valence-electron chi connectivity index (χ0n) is 17.8. The molecule has 0 N–H and O–H groups in total. The molecule has 0 saturated carbocycles. The van der Waals surface area contributed by atoms with E-state index in [1.807, 2.05) is 19.0 Å². The Morgan fingerprint density at radius 3 is 2.50 bits per heavy atom. The normalized spacial score (nSPS) is 25.2. The van der Waals surface area contributed by atoms with Gasteiger partial charge >= 0.3 is 0 Å². The predicted octanol–water partition coefficient (Wildman–Crippen LogP) is 2.05. The number of hydrogen-bond acceptors (Lipinski definition) is 5. The minimum atomic E-state index is -0.487. The first-order chi connectivity index (χ1) is 13.1. The van der Waals surface area contributed by atoms with E-state index in [9.17, 15) is 9.59 Å². The molecule has 2 aliphatic heterocycles. The first-order valence-corrected chi connectivity index (χ1v) is 10.1. The van der Waals surface area contributed by atoms with Gasteiger partial charge in [0.15, 0.2) is 0 Å². The molecular weight excluding hydrogens is 354 g/mol. The second-order valence-corrected chi connectivity index (χ2v) is 9.66. The monoisotopic (exact) mass is 387 g/mol. The number of amides is 2. The second-order valence-electron chi connectivity index (χ2n) is 9.66. The molecule has 1 aromatic heterocycles. The molecule has 2 amide bonds. The predicted molar refractivity (Wildman–Crippen MR) is 109 cm³/mol. The van der Waals surface area contributed by atoms with Crippen molar-refractivity contribution in [2.45, 2.75) is 40.0 Å². The van der Waals surface area contributed by atoms with Crippen LogP contribution >= 0.6 is 0 Å². The van der Waals surface area contributed by atoms with Gasteiger partial charge in [0.05, 0.1) is 5.41 Å². The molecule has 2 aliphatic rings. The fourth-order valence-corrected chi connectivity index (χ4v) is 4.63. The summed E-state index contributed by atoms with van der Waals surface area (Å²) < 4.78 is 0. The van der Waals surface area contributed by atoms with E-state index in [0.29, 0.717) is 32.0 Å². The van der Waals surface area contributed by atoms with Gasteiger partial charge in [-0.15, -0.1) is 0 Å². The molecular formula is C21H33N5O2. The maximum Gasteiger partial charge on any atom is 0.230 e. The van der Waals surface area contributed by atoms with Crippen LogP contribution in [0.1, 0.15) is 40.0 Å². The Labute approximate surface area is 168 Å². The second kappa shape index (κ2) is 7.68. The number of carbonyl (C=O) groups is 2. The standard InChI is InChI=1S/C21H33N5O2/c1-20(2,3)12-17(27)25-11-6-8-21(18(28)24(4)5)15-26(14-16(21)13-25)19-22-9-7-10-23-19/h7,9-10,16H,6,8,11-15H2,1-5H3/t16-,21-/m1/s1. The Morgan fingerprint density at radius 1 is 1.21 bits per heavy atom. The molecule has 7 heteroatoms. The zero-order valence-corrected chi connectivity index (χ0v) is 17.8. The third-order valence-electron chi connectivity index (χ3n) is 5.89. The van der Waals surface area contributed by atoms with Gasteiger partial charge in [0.1, 0.15) is 0 Å². The Balaban J connectivity index is 1.88. The molecule has 7 nitrogen and oxygen atoms in total. The van der Waals surface area contributed by atoms with E-state index in [4.69, 9.17) is 0 Å². The van der Waals surface area contributed by atoms with Crippen LogP contribution in [0, 0.1) is 16.7 Å². The van der Waals surface area contributed by atoms with Crippen LogP contribution in [0.5, 0.6) is 0 Å². The van der Waals surface area contributed by atoms with Gasteiger partial charge in [0, 0.05) is 65.0 Å². The Bertz CT molecular complexity index is 715. The Morgan fingerprint density at radius 2 is 1.89 bits per heavy atom. The first-order valence-electron chi connectivity index (χ1n) is 10.1. The van der Waals surface area contributed by atoms with E-state index in [-0.39, 0.29) is 23.1 Å². The van der Waals surface area contributed by atoms with Crippen LogP contribution in [0.4, 0.5) is 5.95 Å². The summed E-state index contributed by atoms with van der Waals surface area (Å²) in [5.74, 6) is 1.09. The molecule has 3 rings (SSSR count). The van der Waals surface area contributed by atoms with Crippen molar-refractivity contribution in [1.29, 1.82) is 0 Å². The number of carbonyl (C=O) groups excluding carboxylic acids is 2. The molecule has 0 aliphatic carbocycles. The van der Waals surface area contributed by atoms with Gasteiger partial charge in [-0.25, -0.2) is 9.97 Å². The minimum Gasteiger partial charge on any atom is -0.348 e. The third-order valence-corrected chi connectivity index (χ3v) is 5.89. The topological polar surface area (TPSA) is 69.6 Å². The van der Waals surface area contributed by atoms with Crippen LogP contribution < -0.4 is 4.90 Å². The van der Waals surface area contributed by atoms with Crippen LogP contribution in [0.15, 0.2) is 18.5 Å². The highest BCUT2D eigenvalue weighted by Crippen LogP contribution is 2.44. The highest BCUT2D eigenvalue weighted by atomic mass is 16.2. The Kier molecular flexibility index (Phi) is 5.64. The summed E-state index contributed by atoms with van der Waals surface area (Å²) in [5, 5.41) is 0. The molecule has 0 bridgehead atoms. The molecule has 2 atom stereocenters. The lowest BCUT2D eigenvalue weighted by atomic mass is 9.74. The highest BCUT2D eigenvalue weighted by molar-refractivity contribution is 5.85. The van der Waals surface area contributed by atoms with Crippen molar-refractivity contribution in [2.75, 3.05) is 45.2 Å². The first kappa shape index (κ1) is 20.6. The molecule has 0 radical (unpaired) electrons. The van der Waals surface area contributed by atoms with Crippen molar-refractivity contribution in [3.8, 4) is 0 Å².